The van der Waals surface area contributed by atoms with Crippen LogP contribution >= 0.6 is 7.82 Å². The predicted molar refractivity (Wildman–Crippen MR) is 247 cm³/mol. The van der Waals surface area contributed by atoms with Crippen LogP contribution in [-0.2, 0) is 27.9 Å². The van der Waals surface area contributed by atoms with Gasteiger partial charge in [0.15, 0.2) is 0 Å². The van der Waals surface area contributed by atoms with Gasteiger partial charge in [-0.1, -0.05) is 160 Å². The maximum absolute atomic E-state index is 12.1. The number of esters is 1. The SMILES string of the molecule is CC/C=C\C/C=C\C/C=C\C/C=C\C/C=C\C/C=C\C/C=C\CC(=O)OCC(O)COP(=O)(O)OCCNC(=O)CCC/C=C\C/C=C\C/C=C\C/C=C\CCCCC. The second kappa shape index (κ2) is 43.7. The van der Waals surface area contributed by atoms with E-state index >= 15 is 0 Å². The van der Waals surface area contributed by atoms with E-state index in [9.17, 15) is 24.2 Å². The Labute approximate surface area is 357 Å². The summed E-state index contributed by atoms with van der Waals surface area (Å²) in [7, 11) is -4.46. The fourth-order valence-corrected chi connectivity index (χ4v) is 5.62. The molecule has 3 N–H and O–H groups in total. The number of nitrogens with one attached hydrogen (secondary N) is 1. The van der Waals surface area contributed by atoms with Crippen molar-refractivity contribution in [3.63, 3.8) is 0 Å². The first kappa shape index (κ1) is 55.2. The minimum absolute atomic E-state index is 0.0326. The van der Waals surface area contributed by atoms with Gasteiger partial charge in [0.05, 0.1) is 19.6 Å². The highest BCUT2D eigenvalue weighted by molar-refractivity contribution is 7.47. The standard InChI is InChI=1S/C49H76NO8P/c1-3-5-7-9-11-13-15-17-19-21-22-23-24-26-28-30-32-34-36-38-40-42-49(53)56-45-47(51)46-58-59(54,55)57-44-43-50-48(52)41-39-37-35-33-31-29-27-25-20-18-16-14-12-10-8-6-4-2/h5,7,11-14,17-20,22-23,26-29,32-35,38,40,47,51H,3-4,6,8-10,15-16,21,24-25,30-31,36-37,39,41-46H2,1-2H3,(H,50,52)(H,54,55)/b7-5-,13-11-,14-12-,19-17-,20-18-,23-22-,28-26-,29-27-,34-32-,35-33-,40-38-. The van der Waals surface area contributed by atoms with Gasteiger partial charge in [0.1, 0.15) is 12.7 Å². The summed E-state index contributed by atoms with van der Waals surface area (Å²) in [5, 5.41) is 12.6. The Morgan fingerprint density at radius 3 is 1.44 bits per heavy atom. The molecule has 0 fully saturated rings. The number of allylic oxidation sites excluding steroid dienone is 21. The maximum atomic E-state index is 12.1. The molecule has 0 spiro atoms. The fourth-order valence-electron chi connectivity index (χ4n) is 4.87. The summed E-state index contributed by atoms with van der Waals surface area (Å²) in [5.41, 5.74) is 0. The van der Waals surface area contributed by atoms with Gasteiger partial charge >= 0.3 is 13.8 Å². The quantitative estimate of drug-likeness (QED) is 0.0242. The molecule has 0 heterocycles. The van der Waals surface area contributed by atoms with E-state index in [1.807, 2.05) is 12.2 Å². The lowest BCUT2D eigenvalue weighted by atomic mass is 10.2. The molecule has 0 aliphatic heterocycles. The van der Waals surface area contributed by atoms with Crippen molar-refractivity contribution >= 4 is 19.7 Å². The molecule has 0 radical (unpaired) electrons. The number of carbonyl (C=O) groups excluding carboxylic acids is 2. The van der Waals surface area contributed by atoms with E-state index in [0.717, 1.165) is 64.2 Å². The molecule has 0 aromatic heterocycles. The number of rotatable bonds is 38. The van der Waals surface area contributed by atoms with E-state index in [1.54, 1.807) is 6.08 Å². The topological polar surface area (TPSA) is 131 Å². The normalized spacial score (nSPS) is 14.6. The van der Waals surface area contributed by atoms with Gasteiger partial charge in [-0.15, -0.1) is 0 Å². The van der Waals surface area contributed by atoms with Crippen molar-refractivity contribution in [3.05, 3.63) is 134 Å². The highest BCUT2D eigenvalue weighted by Crippen LogP contribution is 2.42. The van der Waals surface area contributed by atoms with Crippen LogP contribution in [0.25, 0.3) is 0 Å². The van der Waals surface area contributed by atoms with Crippen molar-refractivity contribution in [2.45, 2.75) is 136 Å². The van der Waals surface area contributed by atoms with Gasteiger partial charge < -0.3 is 20.1 Å². The zero-order valence-electron chi connectivity index (χ0n) is 36.1. The predicted octanol–water partition coefficient (Wildman–Crippen LogP) is 12.3. The molecule has 330 valence electrons. The molecule has 0 saturated heterocycles. The van der Waals surface area contributed by atoms with Gasteiger partial charge in [0.25, 0.3) is 0 Å². The minimum atomic E-state index is -4.46. The molecule has 2 unspecified atom stereocenters. The lowest BCUT2D eigenvalue weighted by Gasteiger charge is -2.15. The summed E-state index contributed by atoms with van der Waals surface area (Å²) in [6, 6.07) is 0. The number of aliphatic hydroxyl groups is 1. The van der Waals surface area contributed by atoms with Gasteiger partial charge in [-0.25, -0.2) is 4.57 Å². The number of ether oxygens (including phenoxy) is 1. The molecule has 0 bridgehead atoms. The van der Waals surface area contributed by atoms with Gasteiger partial charge in [-0.2, -0.15) is 0 Å². The van der Waals surface area contributed by atoms with E-state index in [0.29, 0.717) is 19.3 Å². The second-order valence-corrected chi connectivity index (χ2v) is 15.0. The van der Waals surface area contributed by atoms with Crippen LogP contribution in [0.1, 0.15) is 129 Å². The first-order valence-electron chi connectivity index (χ1n) is 21.7. The van der Waals surface area contributed by atoms with Crippen LogP contribution in [-0.4, -0.2) is 54.3 Å². The summed E-state index contributed by atoms with van der Waals surface area (Å²) < 4.78 is 26.7. The number of phosphoric ester groups is 1. The van der Waals surface area contributed by atoms with Crippen molar-refractivity contribution in [1.82, 2.24) is 5.32 Å². The number of hydrogen-bond acceptors (Lipinski definition) is 7. The Morgan fingerprint density at radius 1 is 0.559 bits per heavy atom. The van der Waals surface area contributed by atoms with Gasteiger partial charge in [-0.05, 0) is 89.9 Å². The third-order valence-corrected chi connectivity index (χ3v) is 9.08. The molecule has 0 aromatic carbocycles. The molecular weight excluding hydrogens is 762 g/mol. The maximum Gasteiger partial charge on any atom is 0.472 e. The number of phosphoric acid groups is 1. The highest BCUT2D eigenvalue weighted by atomic mass is 31.2. The van der Waals surface area contributed by atoms with Crippen LogP contribution in [0.4, 0.5) is 0 Å². The third kappa shape index (κ3) is 45.1. The van der Waals surface area contributed by atoms with Crippen LogP contribution < -0.4 is 5.32 Å². The van der Waals surface area contributed by atoms with Gasteiger partial charge in [-0.3, -0.25) is 18.6 Å². The van der Waals surface area contributed by atoms with Gasteiger partial charge in [0.2, 0.25) is 5.91 Å². The molecule has 0 saturated carbocycles. The van der Waals surface area contributed by atoms with Gasteiger partial charge in [0, 0.05) is 13.0 Å². The molecule has 9 nitrogen and oxygen atoms in total. The number of unbranched alkanes of at least 4 members (excludes halogenated alkanes) is 4. The fraction of sp³-hybridized carbons (Fsp3) is 0.510. The zero-order chi connectivity index (χ0) is 43.2. The number of hydrogen-bond donors (Lipinski definition) is 3. The first-order chi connectivity index (χ1) is 28.8. The monoisotopic (exact) mass is 838 g/mol. The molecule has 0 rings (SSSR count). The molecular formula is C49H76NO8P. The lowest BCUT2D eigenvalue weighted by molar-refractivity contribution is -0.146. The number of amides is 1. The molecule has 59 heavy (non-hydrogen) atoms. The molecule has 1 amide bonds. The first-order valence-corrected chi connectivity index (χ1v) is 23.2. The molecule has 2 atom stereocenters. The van der Waals surface area contributed by atoms with Crippen LogP contribution in [0, 0.1) is 0 Å². The smallest absolute Gasteiger partial charge is 0.463 e. The van der Waals surface area contributed by atoms with Crippen molar-refractivity contribution in [2.24, 2.45) is 0 Å². The summed E-state index contributed by atoms with van der Waals surface area (Å²) in [5.74, 6) is -0.722. The average molecular weight is 838 g/mol. The van der Waals surface area contributed by atoms with Crippen LogP contribution in [0.3, 0.4) is 0 Å². The van der Waals surface area contributed by atoms with E-state index in [-0.39, 0.29) is 25.5 Å². The Balaban J connectivity index is 3.84. The Kier molecular flexibility index (Phi) is 40.9. The van der Waals surface area contributed by atoms with Crippen molar-refractivity contribution in [1.29, 1.82) is 0 Å². The Bertz CT molecular complexity index is 1420. The number of aliphatic hydroxyl groups excluding tert-OH is 1. The van der Waals surface area contributed by atoms with E-state index < -0.39 is 33.1 Å². The highest BCUT2D eigenvalue weighted by Gasteiger charge is 2.23. The Morgan fingerprint density at radius 2 is 0.983 bits per heavy atom. The molecule has 0 aromatic rings. The average Bonchev–Trinajstić information content (AvgIpc) is 3.22. The lowest BCUT2D eigenvalue weighted by Crippen LogP contribution is -2.27. The molecule has 10 heteroatoms. The van der Waals surface area contributed by atoms with Crippen molar-refractivity contribution in [3.8, 4) is 0 Å². The second-order valence-electron chi connectivity index (χ2n) is 13.6. The summed E-state index contributed by atoms with van der Waals surface area (Å²) >= 11 is 0. The largest absolute Gasteiger partial charge is 0.472 e. The van der Waals surface area contributed by atoms with Crippen molar-refractivity contribution in [2.75, 3.05) is 26.4 Å². The van der Waals surface area contributed by atoms with Crippen molar-refractivity contribution < 1.29 is 37.9 Å². The third-order valence-electron chi connectivity index (χ3n) is 8.10. The molecule has 0 aliphatic carbocycles. The Hall–Kier alpha value is -3.85. The minimum Gasteiger partial charge on any atom is -0.463 e. The van der Waals surface area contributed by atoms with Crippen LogP contribution in [0.5, 0.6) is 0 Å². The summed E-state index contributed by atoms with van der Waals surface area (Å²) in [6.45, 7) is 3.19. The van der Waals surface area contributed by atoms with Crippen LogP contribution in [0.15, 0.2) is 134 Å². The van der Waals surface area contributed by atoms with Crippen LogP contribution in [0.2, 0.25) is 0 Å². The van der Waals surface area contributed by atoms with E-state index in [1.165, 1.54) is 25.7 Å². The zero-order valence-corrected chi connectivity index (χ0v) is 37.0. The molecule has 0 aliphatic rings. The van der Waals surface area contributed by atoms with E-state index in [2.05, 4.69) is 135 Å². The number of carbonyl (C=O) groups is 2. The summed E-state index contributed by atoms with van der Waals surface area (Å²) in [4.78, 5) is 33.8. The van der Waals surface area contributed by atoms with E-state index in [4.69, 9.17) is 13.8 Å². The summed E-state index contributed by atoms with van der Waals surface area (Å²) in [6.07, 6.45) is 61.3.